The molecular weight excluding hydrogens is 342 g/mol. The molecular formula is C16H15N5O3S. The first-order valence-corrected chi connectivity index (χ1v) is 8.34. The van der Waals surface area contributed by atoms with Crippen molar-refractivity contribution in [3.8, 4) is 11.1 Å². The van der Waals surface area contributed by atoms with Crippen molar-refractivity contribution >= 4 is 28.9 Å². The molecule has 3 rings (SSSR count). The number of nitrogens with two attached hydrogens (primary N) is 1. The Morgan fingerprint density at radius 3 is 2.64 bits per heavy atom. The number of amides is 4. The van der Waals surface area contributed by atoms with Crippen molar-refractivity contribution in [2.75, 3.05) is 0 Å². The molecule has 4 N–H and O–H groups in total. The van der Waals surface area contributed by atoms with E-state index in [1.807, 2.05) is 24.3 Å². The van der Waals surface area contributed by atoms with Crippen LogP contribution in [0, 0.1) is 0 Å². The van der Waals surface area contributed by atoms with Gasteiger partial charge in [-0.05, 0) is 17.2 Å². The highest BCUT2D eigenvalue weighted by molar-refractivity contribution is 8.15. The van der Waals surface area contributed by atoms with Gasteiger partial charge in [0.25, 0.3) is 5.24 Å². The van der Waals surface area contributed by atoms with Crippen molar-refractivity contribution in [2.24, 2.45) is 5.73 Å². The van der Waals surface area contributed by atoms with Crippen molar-refractivity contribution in [3.05, 3.63) is 48.0 Å². The van der Waals surface area contributed by atoms with E-state index in [1.54, 1.807) is 12.4 Å². The fourth-order valence-corrected chi connectivity index (χ4v) is 3.17. The van der Waals surface area contributed by atoms with Crippen LogP contribution in [0.3, 0.4) is 0 Å². The maximum absolute atomic E-state index is 11.6. The number of hydrogen-bond acceptors (Lipinski definition) is 6. The van der Waals surface area contributed by atoms with E-state index in [1.165, 1.54) is 0 Å². The lowest BCUT2D eigenvalue weighted by molar-refractivity contribution is -0.118. The summed E-state index contributed by atoms with van der Waals surface area (Å²) in [6.07, 6.45) is 3.63. The molecule has 9 heteroatoms. The highest BCUT2D eigenvalue weighted by Gasteiger charge is 2.32. The molecule has 2 heterocycles. The standard InChI is InChI=1S/C16H15N5O3S/c17-15(23)20-6-9-2-1-3-10(4-9)11-7-18-13(19-8-11)5-12-14(22)21-16(24)25-12/h1-4,7-8,12H,5-6H2,(H3,17,20,23)(H,21,22,24). The number of carbonyl (C=O) groups is 3. The molecule has 8 nitrogen and oxygen atoms in total. The van der Waals surface area contributed by atoms with Gasteiger partial charge in [-0.25, -0.2) is 14.8 Å². The Hall–Kier alpha value is -2.94. The number of hydrogen-bond donors (Lipinski definition) is 3. The third kappa shape index (κ3) is 4.32. The first-order valence-electron chi connectivity index (χ1n) is 7.46. The topological polar surface area (TPSA) is 127 Å². The van der Waals surface area contributed by atoms with E-state index >= 15 is 0 Å². The molecule has 1 aromatic heterocycles. The summed E-state index contributed by atoms with van der Waals surface area (Å²) in [6.45, 7) is 0.337. The molecule has 1 unspecified atom stereocenters. The minimum atomic E-state index is -0.578. The Bertz CT molecular complexity index is 825. The Kier molecular flexibility index (Phi) is 4.94. The molecule has 25 heavy (non-hydrogen) atoms. The first-order chi connectivity index (χ1) is 12.0. The monoisotopic (exact) mass is 357 g/mol. The third-order valence-electron chi connectivity index (χ3n) is 3.57. The molecule has 1 aromatic carbocycles. The predicted octanol–water partition coefficient (Wildman–Crippen LogP) is 1.21. The van der Waals surface area contributed by atoms with Gasteiger partial charge >= 0.3 is 6.03 Å². The van der Waals surface area contributed by atoms with E-state index in [0.29, 0.717) is 18.8 Å². The molecule has 2 aromatic rings. The second kappa shape index (κ2) is 7.31. The van der Waals surface area contributed by atoms with Gasteiger partial charge in [0.2, 0.25) is 5.91 Å². The second-order valence-electron chi connectivity index (χ2n) is 5.39. The largest absolute Gasteiger partial charge is 0.352 e. The van der Waals surface area contributed by atoms with E-state index in [4.69, 9.17) is 5.73 Å². The number of nitrogens with one attached hydrogen (secondary N) is 2. The third-order valence-corrected chi connectivity index (χ3v) is 4.55. The lowest BCUT2D eigenvalue weighted by Crippen LogP contribution is -2.28. The maximum Gasteiger partial charge on any atom is 0.312 e. The van der Waals surface area contributed by atoms with Crippen molar-refractivity contribution in [1.29, 1.82) is 0 Å². The number of aromatic nitrogens is 2. The van der Waals surface area contributed by atoms with Crippen molar-refractivity contribution < 1.29 is 14.4 Å². The van der Waals surface area contributed by atoms with Crippen molar-refractivity contribution in [2.45, 2.75) is 18.2 Å². The van der Waals surface area contributed by atoms with Gasteiger partial charge in [-0.2, -0.15) is 0 Å². The van der Waals surface area contributed by atoms with Crippen LogP contribution in [0.1, 0.15) is 11.4 Å². The first kappa shape index (κ1) is 16.9. The molecule has 1 saturated heterocycles. The fourth-order valence-electron chi connectivity index (χ4n) is 2.35. The van der Waals surface area contributed by atoms with E-state index in [0.717, 1.165) is 28.5 Å². The van der Waals surface area contributed by atoms with Crippen LogP contribution in [0.25, 0.3) is 11.1 Å². The summed E-state index contributed by atoms with van der Waals surface area (Å²) in [7, 11) is 0. The quantitative estimate of drug-likeness (QED) is 0.738. The molecule has 1 aliphatic rings. The molecule has 0 aliphatic carbocycles. The Morgan fingerprint density at radius 2 is 2.00 bits per heavy atom. The van der Waals surface area contributed by atoms with E-state index in [9.17, 15) is 14.4 Å². The highest BCUT2D eigenvalue weighted by Crippen LogP contribution is 2.23. The van der Waals surface area contributed by atoms with Crippen molar-refractivity contribution in [3.63, 3.8) is 0 Å². The van der Waals surface area contributed by atoms with Crippen LogP contribution in [0.4, 0.5) is 9.59 Å². The Balaban J connectivity index is 1.70. The molecule has 0 bridgehead atoms. The average Bonchev–Trinajstić information content (AvgIpc) is 2.91. The van der Waals surface area contributed by atoms with Crippen LogP contribution in [0.2, 0.25) is 0 Å². The zero-order valence-electron chi connectivity index (χ0n) is 13.1. The minimum Gasteiger partial charge on any atom is -0.352 e. The molecule has 128 valence electrons. The summed E-state index contributed by atoms with van der Waals surface area (Å²) in [5.41, 5.74) is 7.68. The second-order valence-corrected chi connectivity index (χ2v) is 6.57. The maximum atomic E-state index is 11.6. The number of primary amides is 1. The number of rotatable bonds is 5. The molecule has 1 aliphatic heterocycles. The van der Waals surface area contributed by atoms with E-state index in [2.05, 4.69) is 20.6 Å². The van der Waals surface area contributed by atoms with Crippen LogP contribution in [0.5, 0.6) is 0 Å². The fraction of sp³-hybridized carbons (Fsp3) is 0.188. The van der Waals surface area contributed by atoms with Crippen LogP contribution in [0.15, 0.2) is 36.7 Å². The number of carbonyl (C=O) groups excluding carboxylic acids is 3. The molecule has 1 fully saturated rings. The zero-order valence-corrected chi connectivity index (χ0v) is 13.9. The molecule has 0 spiro atoms. The number of thioether (sulfide) groups is 1. The van der Waals surface area contributed by atoms with Gasteiger partial charge < -0.3 is 11.1 Å². The van der Waals surface area contributed by atoms with Gasteiger partial charge in [-0.1, -0.05) is 30.0 Å². The molecule has 0 radical (unpaired) electrons. The zero-order chi connectivity index (χ0) is 17.8. The van der Waals surface area contributed by atoms with Gasteiger partial charge in [0.1, 0.15) is 11.1 Å². The molecule has 1 atom stereocenters. The van der Waals surface area contributed by atoms with Crippen LogP contribution in [-0.2, 0) is 17.8 Å². The molecule has 0 saturated carbocycles. The van der Waals surface area contributed by atoms with Gasteiger partial charge in [-0.15, -0.1) is 0 Å². The predicted molar refractivity (Wildman–Crippen MR) is 92.5 cm³/mol. The number of urea groups is 1. The van der Waals surface area contributed by atoms with Crippen LogP contribution >= 0.6 is 11.8 Å². The summed E-state index contributed by atoms with van der Waals surface area (Å²) < 4.78 is 0. The van der Waals surface area contributed by atoms with Crippen LogP contribution < -0.4 is 16.4 Å². The van der Waals surface area contributed by atoms with Gasteiger partial charge in [-0.3, -0.25) is 14.9 Å². The van der Waals surface area contributed by atoms with E-state index < -0.39 is 11.3 Å². The summed E-state index contributed by atoms with van der Waals surface area (Å²) >= 11 is 0.955. The van der Waals surface area contributed by atoms with Gasteiger partial charge in [0, 0.05) is 30.9 Å². The highest BCUT2D eigenvalue weighted by atomic mass is 32.2. The van der Waals surface area contributed by atoms with Gasteiger partial charge in [0.15, 0.2) is 0 Å². The average molecular weight is 357 g/mol. The lowest BCUT2D eigenvalue weighted by atomic mass is 10.1. The summed E-state index contributed by atoms with van der Waals surface area (Å²) in [5.74, 6) is 0.190. The lowest BCUT2D eigenvalue weighted by Gasteiger charge is -2.07. The van der Waals surface area contributed by atoms with Crippen LogP contribution in [-0.4, -0.2) is 32.4 Å². The number of benzene rings is 1. The Labute approximate surface area is 147 Å². The SMILES string of the molecule is NC(=O)NCc1cccc(-c2cnc(CC3SC(=O)NC3=O)nc2)c1. The minimum absolute atomic E-state index is 0.297. The summed E-state index contributed by atoms with van der Waals surface area (Å²) in [4.78, 5) is 42.1. The summed E-state index contributed by atoms with van der Waals surface area (Å²) in [6, 6.07) is 6.98. The number of nitrogens with zero attached hydrogens (tertiary/aromatic N) is 2. The van der Waals surface area contributed by atoms with Gasteiger partial charge in [0.05, 0.1) is 0 Å². The number of imide groups is 1. The van der Waals surface area contributed by atoms with E-state index in [-0.39, 0.29) is 11.1 Å². The summed E-state index contributed by atoms with van der Waals surface area (Å²) in [5, 5.41) is 3.95. The van der Waals surface area contributed by atoms with Crippen molar-refractivity contribution in [1.82, 2.24) is 20.6 Å². The smallest absolute Gasteiger partial charge is 0.312 e. The molecule has 4 amide bonds. The Morgan fingerprint density at radius 1 is 1.24 bits per heavy atom. The normalized spacial score (nSPS) is 16.6.